The Kier molecular flexibility index (Phi) is 13.8. The summed E-state index contributed by atoms with van der Waals surface area (Å²) < 4.78 is 0. The molecule has 0 bridgehead atoms. The summed E-state index contributed by atoms with van der Waals surface area (Å²) in [5.41, 5.74) is 2.59. The Balaban J connectivity index is 1.96. The highest BCUT2D eigenvalue weighted by atomic mass is 16.6. The van der Waals surface area contributed by atoms with Gasteiger partial charge in [0.05, 0.1) is 10.3 Å². The number of fused-ring (bicyclic) bond motifs is 1. The maximum Gasteiger partial charge on any atom is 0.280 e. The van der Waals surface area contributed by atoms with E-state index in [1.165, 1.54) is 95.5 Å². The highest BCUT2D eigenvalue weighted by Gasteiger charge is 2.21. The van der Waals surface area contributed by atoms with Gasteiger partial charge in [-0.1, -0.05) is 128 Å². The van der Waals surface area contributed by atoms with Crippen LogP contribution in [0, 0.1) is 10.1 Å². The lowest BCUT2D eigenvalue weighted by Crippen LogP contribution is -2.03. The molecule has 3 nitrogen and oxygen atoms in total. The van der Waals surface area contributed by atoms with Crippen molar-refractivity contribution in [3.05, 3.63) is 51.6 Å². The van der Waals surface area contributed by atoms with Crippen LogP contribution in [0.3, 0.4) is 0 Å². The Morgan fingerprint density at radius 2 is 1.15 bits per heavy atom. The lowest BCUT2D eigenvalue weighted by Gasteiger charge is -2.13. The summed E-state index contributed by atoms with van der Waals surface area (Å²) in [6, 6.07) is 10.1. The van der Waals surface area contributed by atoms with Crippen molar-refractivity contribution in [2.75, 3.05) is 0 Å². The van der Waals surface area contributed by atoms with E-state index in [0.717, 1.165) is 42.0 Å². The average molecular weight is 454 g/mol. The smallest absolute Gasteiger partial charge is 0.258 e. The van der Waals surface area contributed by atoms with Crippen LogP contribution >= 0.6 is 0 Å². The second kappa shape index (κ2) is 16.7. The van der Waals surface area contributed by atoms with Gasteiger partial charge in [0.1, 0.15) is 0 Å². The van der Waals surface area contributed by atoms with E-state index in [2.05, 4.69) is 19.9 Å². The van der Waals surface area contributed by atoms with E-state index < -0.39 is 0 Å². The van der Waals surface area contributed by atoms with Crippen LogP contribution in [0.5, 0.6) is 0 Å². The minimum Gasteiger partial charge on any atom is -0.258 e. The molecule has 0 fully saturated rings. The normalized spacial score (nSPS) is 11.3. The van der Waals surface area contributed by atoms with Gasteiger partial charge in [-0.15, -0.1) is 0 Å². The third-order valence-electron chi connectivity index (χ3n) is 6.98. The fourth-order valence-electron chi connectivity index (χ4n) is 5.02. The number of aryl methyl sites for hydroxylation is 1. The van der Waals surface area contributed by atoms with Crippen molar-refractivity contribution < 1.29 is 4.92 Å². The fourth-order valence-corrected chi connectivity index (χ4v) is 5.02. The minimum absolute atomic E-state index is 0.128. The number of rotatable bonds is 19. The van der Waals surface area contributed by atoms with Crippen molar-refractivity contribution in [2.24, 2.45) is 0 Å². The van der Waals surface area contributed by atoms with E-state index in [1.54, 1.807) is 0 Å². The summed E-state index contributed by atoms with van der Waals surface area (Å²) in [5, 5.41) is 13.9. The van der Waals surface area contributed by atoms with Crippen LogP contribution in [-0.2, 0) is 12.8 Å². The standard InChI is InChI=1S/C30H47NO2/c1-3-5-7-9-11-12-13-14-15-17-21-26-25-27-22-19-20-24-29(27)30(31(32)33)28(26)23-18-16-10-8-6-4-2/h19-20,22,24-25H,3-18,21,23H2,1-2H3. The largest absolute Gasteiger partial charge is 0.280 e. The summed E-state index contributed by atoms with van der Waals surface area (Å²) in [4.78, 5) is 12.0. The van der Waals surface area contributed by atoms with Crippen molar-refractivity contribution in [2.45, 2.75) is 129 Å². The van der Waals surface area contributed by atoms with Gasteiger partial charge in [0, 0.05) is 5.56 Å². The van der Waals surface area contributed by atoms with E-state index in [4.69, 9.17) is 0 Å². The quantitative estimate of drug-likeness (QED) is 0.121. The van der Waals surface area contributed by atoms with Crippen molar-refractivity contribution in [3.63, 3.8) is 0 Å². The van der Waals surface area contributed by atoms with E-state index in [1.807, 2.05) is 24.3 Å². The van der Waals surface area contributed by atoms with Crippen molar-refractivity contribution in [1.29, 1.82) is 0 Å². The first kappa shape index (κ1) is 27.3. The second-order valence-electron chi connectivity index (χ2n) is 9.79. The summed E-state index contributed by atoms with van der Waals surface area (Å²) >= 11 is 0. The molecule has 2 aromatic rings. The minimum atomic E-state index is -0.128. The van der Waals surface area contributed by atoms with Gasteiger partial charge in [0.15, 0.2) is 0 Å². The lowest BCUT2D eigenvalue weighted by atomic mass is 9.91. The van der Waals surface area contributed by atoms with Crippen LogP contribution in [0.2, 0.25) is 0 Å². The molecule has 33 heavy (non-hydrogen) atoms. The number of nitro groups is 1. The predicted molar refractivity (Wildman–Crippen MR) is 143 cm³/mol. The number of unbranched alkanes of at least 4 members (excludes halogenated alkanes) is 14. The molecule has 0 aliphatic carbocycles. The van der Waals surface area contributed by atoms with Crippen LogP contribution in [0.1, 0.15) is 128 Å². The molecule has 2 aromatic carbocycles. The summed E-state index contributed by atoms with van der Waals surface area (Å²) in [6.07, 6.45) is 22.2. The molecule has 2 rings (SSSR count). The fraction of sp³-hybridized carbons (Fsp3) is 0.667. The molecule has 0 heterocycles. The summed E-state index contributed by atoms with van der Waals surface area (Å²) in [6.45, 7) is 4.50. The predicted octanol–water partition coefficient (Wildman–Crippen LogP) is 10.1. The number of nitro benzene ring substituents is 1. The third kappa shape index (κ3) is 9.86. The van der Waals surface area contributed by atoms with Gasteiger partial charge in [-0.05, 0) is 42.7 Å². The molecule has 0 amide bonds. The molecular weight excluding hydrogens is 406 g/mol. The molecule has 0 aliphatic rings. The van der Waals surface area contributed by atoms with Gasteiger partial charge in [-0.25, -0.2) is 0 Å². The maximum atomic E-state index is 12.1. The number of benzene rings is 2. The molecule has 0 unspecified atom stereocenters. The van der Waals surface area contributed by atoms with Gasteiger partial charge in [-0.3, -0.25) is 10.1 Å². The van der Waals surface area contributed by atoms with Gasteiger partial charge in [0.25, 0.3) is 5.69 Å². The van der Waals surface area contributed by atoms with Gasteiger partial charge < -0.3 is 0 Å². The first-order chi connectivity index (χ1) is 16.2. The van der Waals surface area contributed by atoms with Crippen molar-refractivity contribution in [3.8, 4) is 0 Å². The van der Waals surface area contributed by atoms with E-state index in [9.17, 15) is 10.1 Å². The maximum absolute atomic E-state index is 12.1. The van der Waals surface area contributed by atoms with Crippen LogP contribution in [0.4, 0.5) is 5.69 Å². The Morgan fingerprint density at radius 3 is 1.70 bits per heavy atom. The van der Waals surface area contributed by atoms with Crippen molar-refractivity contribution >= 4 is 16.5 Å². The summed E-state index contributed by atoms with van der Waals surface area (Å²) in [5.74, 6) is 0. The summed E-state index contributed by atoms with van der Waals surface area (Å²) in [7, 11) is 0. The number of hydrogen-bond donors (Lipinski definition) is 0. The first-order valence-corrected chi connectivity index (χ1v) is 13.9. The monoisotopic (exact) mass is 453 g/mol. The molecule has 184 valence electrons. The Morgan fingerprint density at radius 1 is 0.667 bits per heavy atom. The molecule has 0 saturated heterocycles. The van der Waals surface area contributed by atoms with Gasteiger partial charge in [0.2, 0.25) is 0 Å². The molecule has 0 N–H and O–H groups in total. The number of hydrogen-bond acceptors (Lipinski definition) is 2. The molecule has 0 aromatic heterocycles. The van der Waals surface area contributed by atoms with Crippen LogP contribution in [0.25, 0.3) is 10.8 Å². The molecule has 0 spiro atoms. The zero-order chi connectivity index (χ0) is 23.7. The molecule has 3 heteroatoms. The topological polar surface area (TPSA) is 43.1 Å². The second-order valence-corrected chi connectivity index (χ2v) is 9.79. The Bertz CT molecular complexity index is 814. The molecule has 0 radical (unpaired) electrons. The molecule has 0 saturated carbocycles. The SMILES string of the molecule is CCCCCCCCCCCCc1cc2ccccc2c([N+](=O)[O-])c1CCCCCCCC. The zero-order valence-electron chi connectivity index (χ0n) is 21.4. The molecule has 0 atom stereocenters. The first-order valence-electron chi connectivity index (χ1n) is 13.9. The molecule has 0 aliphatic heterocycles. The van der Waals surface area contributed by atoms with Gasteiger partial charge >= 0.3 is 0 Å². The van der Waals surface area contributed by atoms with E-state index in [-0.39, 0.29) is 4.92 Å². The Labute approximate surface area is 202 Å². The number of nitrogens with zero attached hydrogens (tertiary/aromatic N) is 1. The lowest BCUT2D eigenvalue weighted by molar-refractivity contribution is -0.383. The van der Waals surface area contributed by atoms with E-state index in [0.29, 0.717) is 5.69 Å². The third-order valence-corrected chi connectivity index (χ3v) is 6.98. The highest BCUT2D eigenvalue weighted by molar-refractivity contribution is 5.93. The van der Waals surface area contributed by atoms with Crippen LogP contribution in [-0.4, -0.2) is 4.92 Å². The Hall–Kier alpha value is -1.90. The average Bonchev–Trinajstić information content (AvgIpc) is 2.82. The highest BCUT2D eigenvalue weighted by Crippen LogP contribution is 2.34. The van der Waals surface area contributed by atoms with Gasteiger partial charge in [-0.2, -0.15) is 0 Å². The van der Waals surface area contributed by atoms with Crippen molar-refractivity contribution in [1.82, 2.24) is 0 Å². The van der Waals surface area contributed by atoms with Crippen LogP contribution < -0.4 is 0 Å². The van der Waals surface area contributed by atoms with Crippen LogP contribution in [0.15, 0.2) is 30.3 Å². The zero-order valence-corrected chi connectivity index (χ0v) is 21.4. The van der Waals surface area contributed by atoms with E-state index >= 15 is 0 Å². The molecular formula is C30H47NO2.